The Morgan fingerprint density at radius 1 is 1.67 bits per heavy atom. The molecule has 0 aliphatic carbocycles. The molecule has 2 N–H and O–H groups in total. The molecule has 1 heterocycles. The van der Waals surface area contributed by atoms with Gasteiger partial charge in [-0.1, -0.05) is 0 Å². The van der Waals surface area contributed by atoms with Crippen LogP contribution < -0.4 is 5.73 Å². The predicted octanol–water partition coefficient (Wildman–Crippen LogP) is 0.485. The van der Waals surface area contributed by atoms with Gasteiger partial charge in [-0.15, -0.1) is 0 Å². The molecule has 0 bridgehead atoms. The van der Waals surface area contributed by atoms with Crippen LogP contribution in [0.1, 0.15) is 19.3 Å². The fourth-order valence-electron chi connectivity index (χ4n) is 1.59. The zero-order valence-electron chi connectivity index (χ0n) is 8.25. The molecular weight excluding hydrogens is 204 g/mol. The lowest BCUT2D eigenvalue weighted by atomic mass is 10.2. The zero-order valence-corrected chi connectivity index (χ0v) is 8.25. The number of halogens is 2. The number of carbonyl (C=O) groups excluding carboxylic acids is 1. The number of nitriles is 1. The van der Waals surface area contributed by atoms with E-state index in [1.54, 1.807) is 6.07 Å². The monoisotopic (exact) mass is 217 g/mol. The summed E-state index contributed by atoms with van der Waals surface area (Å²) in [7, 11) is 0. The van der Waals surface area contributed by atoms with Crippen molar-refractivity contribution in [2.45, 2.75) is 31.2 Å². The molecule has 0 aromatic rings. The molecule has 1 amide bonds. The first-order chi connectivity index (χ1) is 7.00. The number of likely N-dealkylation sites (tertiary alicyclic amines) is 1. The molecule has 1 aliphatic heterocycles. The molecule has 1 fully saturated rings. The molecule has 0 radical (unpaired) electrons. The molecule has 1 rings (SSSR count). The molecular formula is C9H13F2N3O. The topological polar surface area (TPSA) is 70.1 Å². The Labute approximate surface area is 86.6 Å². The summed E-state index contributed by atoms with van der Waals surface area (Å²) in [5, 5.41) is 8.64. The minimum atomic E-state index is -2.93. The van der Waals surface area contributed by atoms with Crippen LogP contribution in [0.2, 0.25) is 0 Å². The van der Waals surface area contributed by atoms with E-state index < -0.39 is 30.8 Å². The van der Waals surface area contributed by atoms with Crippen LogP contribution in [0, 0.1) is 11.3 Å². The van der Waals surface area contributed by atoms with Gasteiger partial charge < -0.3 is 10.6 Å². The van der Waals surface area contributed by atoms with Gasteiger partial charge in [0.2, 0.25) is 5.91 Å². The molecule has 84 valence electrons. The first kappa shape index (κ1) is 11.9. The predicted molar refractivity (Wildman–Crippen MR) is 49.0 cm³/mol. The normalized spacial score (nSPS) is 23.9. The fraction of sp³-hybridized carbons (Fsp3) is 0.778. The molecule has 0 spiro atoms. The summed E-state index contributed by atoms with van der Waals surface area (Å²) in [6.45, 7) is -0.304. The van der Waals surface area contributed by atoms with Gasteiger partial charge in [0.25, 0.3) is 5.92 Å². The van der Waals surface area contributed by atoms with E-state index in [0.717, 1.165) is 4.90 Å². The van der Waals surface area contributed by atoms with Gasteiger partial charge in [0.15, 0.2) is 0 Å². The van der Waals surface area contributed by atoms with Gasteiger partial charge in [0.1, 0.15) is 6.04 Å². The van der Waals surface area contributed by atoms with Crippen LogP contribution in [0.15, 0.2) is 0 Å². The second-order valence-corrected chi connectivity index (χ2v) is 3.62. The van der Waals surface area contributed by atoms with Crippen molar-refractivity contribution < 1.29 is 13.6 Å². The van der Waals surface area contributed by atoms with Crippen molar-refractivity contribution in [1.82, 2.24) is 4.90 Å². The molecule has 0 saturated carbocycles. The highest BCUT2D eigenvalue weighted by Crippen LogP contribution is 2.32. The number of nitrogens with two attached hydrogens (primary N) is 1. The number of amides is 1. The Kier molecular flexibility index (Phi) is 3.58. The second-order valence-electron chi connectivity index (χ2n) is 3.62. The van der Waals surface area contributed by atoms with E-state index in [9.17, 15) is 13.6 Å². The molecule has 0 unspecified atom stereocenters. The van der Waals surface area contributed by atoms with E-state index in [4.69, 9.17) is 11.0 Å². The van der Waals surface area contributed by atoms with Gasteiger partial charge >= 0.3 is 0 Å². The van der Waals surface area contributed by atoms with Crippen LogP contribution in [0.25, 0.3) is 0 Å². The molecule has 1 atom stereocenters. The quantitative estimate of drug-likeness (QED) is 0.747. The SMILES string of the molecule is N#C[C@@H]1CC(F)(F)CN1C(=O)CCCN. The van der Waals surface area contributed by atoms with Crippen molar-refractivity contribution in [3.05, 3.63) is 0 Å². The third-order valence-electron chi connectivity index (χ3n) is 2.33. The van der Waals surface area contributed by atoms with Gasteiger partial charge in [-0.3, -0.25) is 4.79 Å². The second kappa shape index (κ2) is 4.53. The maximum atomic E-state index is 12.9. The number of alkyl halides is 2. The van der Waals surface area contributed by atoms with Gasteiger partial charge in [-0.2, -0.15) is 5.26 Å². The molecule has 4 nitrogen and oxygen atoms in total. The number of hydrogen-bond donors (Lipinski definition) is 1. The summed E-state index contributed by atoms with van der Waals surface area (Å²) >= 11 is 0. The maximum absolute atomic E-state index is 12.9. The average molecular weight is 217 g/mol. The highest BCUT2D eigenvalue weighted by Gasteiger charge is 2.46. The summed E-state index contributed by atoms with van der Waals surface area (Å²) < 4.78 is 25.9. The van der Waals surface area contributed by atoms with Crippen LogP contribution in [0.3, 0.4) is 0 Å². The van der Waals surface area contributed by atoms with Crippen molar-refractivity contribution in [2.75, 3.05) is 13.1 Å². The average Bonchev–Trinajstić information content (AvgIpc) is 2.50. The number of rotatable bonds is 3. The Bertz CT molecular complexity index is 288. The Morgan fingerprint density at radius 3 is 2.87 bits per heavy atom. The highest BCUT2D eigenvalue weighted by atomic mass is 19.3. The largest absolute Gasteiger partial charge is 0.330 e. The van der Waals surface area contributed by atoms with Crippen molar-refractivity contribution in [1.29, 1.82) is 5.26 Å². The van der Waals surface area contributed by atoms with E-state index in [2.05, 4.69) is 0 Å². The summed E-state index contributed by atoms with van der Waals surface area (Å²) in [5.74, 6) is -3.34. The zero-order chi connectivity index (χ0) is 11.5. The van der Waals surface area contributed by atoms with Crippen LogP contribution in [-0.4, -0.2) is 35.9 Å². The van der Waals surface area contributed by atoms with Gasteiger partial charge in [0, 0.05) is 12.8 Å². The lowest BCUT2D eigenvalue weighted by Crippen LogP contribution is -2.36. The third kappa shape index (κ3) is 2.86. The summed E-state index contributed by atoms with van der Waals surface area (Å²) in [6.07, 6.45) is 0.0294. The molecule has 1 aliphatic rings. The van der Waals surface area contributed by atoms with Crippen molar-refractivity contribution >= 4 is 5.91 Å². The first-order valence-electron chi connectivity index (χ1n) is 4.77. The van der Waals surface area contributed by atoms with Crippen LogP contribution in [-0.2, 0) is 4.79 Å². The lowest BCUT2D eigenvalue weighted by molar-refractivity contribution is -0.132. The van der Waals surface area contributed by atoms with Crippen LogP contribution >= 0.6 is 0 Å². The lowest BCUT2D eigenvalue weighted by Gasteiger charge is -2.18. The fourth-order valence-corrected chi connectivity index (χ4v) is 1.59. The highest BCUT2D eigenvalue weighted by molar-refractivity contribution is 5.77. The van der Waals surface area contributed by atoms with E-state index in [1.807, 2.05) is 0 Å². The third-order valence-corrected chi connectivity index (χ3v) is 2.33. The number of hydrogen-bond acceptors (Lipinski definition) is 3. The maximum Gasteiger partial charge on any atom is 0.268 e. The first-order valence-corrected chi connectivity index (χ1v) is 4.77. The van der Waals surface area contributed by atoms with Gasteiger partial charge in [-0.05, 0) is 13.0 Å². The summed E-state index contributed by atoms with van der Waals surface area (Å²) in [5.41, 5.74) is 5.21. The molecule has 6 heteroatoms. The minimum absolute atomic E-state index is 0.130. The van der Waals surface area contributed by atoms with Crippen molar-refractivity contribution in [3.8, 4) is 6.07 Å². The van der Waals surface area contributed by atoms with Crippen LogP contribution in [0.4, 0.5) is 8.78 Å². The molecule has 0 aromatic heterocycles. The van der Waals surface area contributed by atoms with E-state index in [0.29, 0.717) is 13.0 Å². The molecule has 1 saturated heterocycles. The van der Waals surface area contributed by atoms with E-state index >= 15 is 0 Å². The molecule has 15 heavy (non-hydrogen) atoms. The number of nitrogens with zero attached hydrogens (tertiary/aromatic N) is 2. The van der Waals surface area contributed by atoms with E-state index in [-0.39, 0.29) is 6.42 Å². The standard InChI is InChI=1S/C9H13F2N3O/c10-9(11)4-7(5-13)14(6-9)8(15)2-1-3-12/h7H,1-4,6,12H2/t7-/m0/s1. The van der Waals surface area contributed by atoms with Gasteiger partial charge in [-0.25, -0.2) is 8.78 Å². The summed E-state index contributed by atoms with van der Waals surface area (Å²) in [6, 6.07) is 0.726. The Morgan fingerprint density at radius 2 is 2.33 bits per heavy atom. The van der Waals surface area contributed by atoms with Crippen molar-refractivity contribution in [2.24, 2.45) is 5.73 Å². The smallest absolute Gasteiger partial charge is 0.268 e. The molecule has 0 aromatic carbocycles. The Hall–Kier alpha value is -1.22. The van der Waals surface area contributed by atoms with Crippen LogP contribution in [0.5, 0.6) is 0 Å². The Balaban J connectivity index is 2.61. The summed E-state index contributed by atoms with van der Waals surface area (Å²) in [4.78, 5) is 12.4. The number of carbonyl (C=O) groups is 1. The van der Waals surface area contributed by atoms with Gasteiger partial charge in [0.05, 0.1) is 12.6 Å². The van der Waals surface area contributed by atoms with Crippen molar-refractivity contribution in [3.63, 3.8) is 0 Å². The van der Waals surface area contributed by atoms with E-state index in [1.165, 1.54) is 0 Å². The minimum Gasteiger partial charge on any atom is -0.330 e.